The summed E-state index contributed by atoms with van der Waals surface area (Å²) in [7, 11) is 3.74. The summed E-state index contributed by atoms with van der Waals surface area (Å²) in [5.41, 5.74) is 1.19. The van der Waals surface area contributed by atoms with Gasteiger partial charge in [0.1, 0.15) is 5.75 Å². The van der Waals surface area contributed by atoms with Gasteiger partial charge in [-0.05, 0) is 37.9 Å². The van der Waals surface area contributed by atoms with Crippen molar-refractivity contribution in [2.45, 2.75) is 31.3 Å². The molecule has 0 saturated carbocycles. The van der Waals surface area contributed by atoms with Gasteiger partial charge in [-0.15, -0.1) is 22.0 Å². The molecule has 114 valence electrons. The molecule has 0 fully saturated rings. The van der Waals surface area contributed by atoms with Crippen molar-refractivity contribution in [2.24, 2.45) is 0 Å². The maximum Gasteiger partial charge on any atom is 0.233 e. The largest absolute Gasteiger partial charge is 0.496 e. The van der Waals surface area contributed by atoms with Crippen LogP contribution in [0.1, 0.15) is 30.3 Å². The molecule has 0 amide bonds. The quantitative estimate of drug-likeness (QED) is 0.763. The third-order valence-corrected chi connectivity index (χ3v) is 4.22. The summed E-state index contributed by atoms with van der Waals surface area (Å²) in [4.78, 5) is 3.31. The molecule has 2 rings (SSSR count). The summed E-state index contributed by atoms with van der Waals surface area (Å²) in [5.74, 6) is 2.15. The highest BCUT2D eigenvalue weighted by atomic mass is 32.2. The summed E-state index contributed by atoms with van der Waals surface area (Å²) < 4.78 is 10.9. The highest BCUT2D eigenvalue weighted by molar-refractivity contribution is 7.98. The molecular formula is C15H21N3O2S. The molecule has 1 unspecified atom stereocenters. The van der Waals surface area contributed by atoms with E-state index in [1.165, 1.54) is 5.56 Å². The lowest BCUT2D eigenvalue weighted by atomic mass is 10.2. The molecule has 0 radical (unpaired) electrons. The van der Waals surface area contributed by atoms with Crippen molar-refractivity contribution in [3.05, 3.63) is 35.5 Å². The Morgan fingerprint density at radius 2 is 2.14 bits per heavy atom. The Bertz CT molecular complexity index is 600. The van der Waals surface area contributed by atoms with Gasteiger partial charge in [-0.2, -0.15) is 0 Å². The van der Waals surface area contributed by atoms with Gasteiger partial charge in [-0.3, -0.25) is 4.90 Å². The van der Waals surface area contributed by atoms with Crippen LogP contribution >= 0.6 is 11.8 Å². The zero-order valence-corrected chi connectivity index (χ0v) is 13.9. The molecule has 0 aliphatic heterocycles. The first-order chi connectivity index (χ1) is 10.0. The van der Waals surface area contributed by atoms with E-state index in [0.29, 0.717) is 11.8 Å². The molecule has 21 heavy (non-hydrogen) atoms. The third kappa shape index (κ3) is 3.77. The zero-order valence-electron chi connectivity index (χ0n) is 13.1. The van der Waals surface area contributed by atoms with Gasteiger partial charge in [0.25, 0.3) is 0 Å². The third-order valence-electron chi connectivity index (χ3n) is 3.44. The van der Waals surface area contributed by atoms with Crippen LogP contribution < -0.4 is 4.74 Å². The summed E-state index contributed by atoms with van der Waals surface area (Å²) in [5, 5.41) is 7.96. The predicted octanol–water partition coefficient (Wildman–Crippen LogP) is 3.30. The normalized spacial score (nSPS) is 12.7. The summed E-state index contributed by atoms with van der Waals surface area (Å²) in [6.07, 6.45) is 2.05. The highest BCUT2D eigenvalue weighted by Crippen LogP contribution is 2.29. The molecule has 6 heteroatoms. The first-order valence-corrected chi connectivity index (χ1v) is 7.98. The Labute approximate surface area is 129 Å². The highest BCUT2D eigenvalue weighted by Gasteiger charge is 2.18. The zero-order chi connectivity index (χ0) is 15.4. The fourth-order valence-electron chi connectivity index (χ4n) is 2.07. The number of aromatic nitrogens is 2. The van der Waals surface area contributed by atoms with Crippen LogP contribution in [0.2, 0.25) is 0 Å². The number of hydrogen-bond donors (Lipinski definition) is 0. The Morgan fingerprint density at radius 3 is 2.71 bits per heavy atom. The van der Waals surface area contributed by atoms with E-state index in [1.54, 1.807) is 25.8 Å². The molecule has 5 nitrogen and oxygen atoms in total. The maximum absolute atomic E-state index is 5.49. The molecular weight excluding hydrogens is 286 g/mol. The summed E-state index contributed by atoms with van der Waals surface area (Å²) in [6.45, 7) is 4.64. The van der Waals surface area contributed by atoms with Gasteiger partial charge in [0.05, 0.1) is 13.2 Å². The van der Waals surface area contributed by atoms with Crippen LogP contribution in [0.5, 0.6) is 5.75 Å². The van der Waals surface area contributed by atoms with Crippen LogP contribution in [-0.2, 0) is 6.54 Å². The van der Waals surface area contributed by atoms with Crippen LogP contribution in [0.4, 0.5) is 0 Å². The summed E-state index contributed by atoms with van der Waals surface area (Å²) >= 11 is 1.68. The molecule has 1 aromatic carbocycles. The lowest BCUT2D eigenvalue weighted by Crippen LogP contribution is -2.22. The van der Waals surface area contributed by atoms with E-state index >= 15 is 0 Å². The van der Waals surface area contributed by atoms with Crippen molar-refractivity contribution in [2.75, 3.05) is 20.4 Å². The second kappa shape index (κ2) is 6.95. The van der Waals surface area contributed by atoms with Crippen LogP contribution in [0, 0.1) is 6.92 Å². The Hall–Kier alpha value is -1.53. The van der Waals surface area contributed by atoms with Gasteiger partial charge in [0.15, 0.2) is 0 Å². The first kappa shape index (κ1) is 15.9. The smallest absolute Gasteiger partial charge is 0.233 e. The SMILES string of the molecule is COc1cc(CN(C)C(C)c2nnc(C)o2)ccc1SC. The molecule has 0 aliphatic carbocycles. The number of hydrogen-bond acceptors (Lipinski definition) is 6. The number of thioether (sulfide) groups is 1. The summed E-state index contributed by atoms with van der Waals surface area (Å²) in [6, 6.07) is 6.36. The second-order valence-corrected chi connectivity index (χ2v) is 5.79. The topological polar surface area (TPSA) is 51.4 Å². The lowest BCUT2D eigenvalue weighted by molar-refractivity contribution is 0.215. The van der Waals surface area contributed by atoms with Crippen LogP contribution in [0.3, 0.4) is 0 Å². The molecule has 0 spiro atoms. The van der Waals surface area contributed by atoms with Crippen molar-refractivity contribution in [3.63, 3.8) is 0 Å². The van der Waals surface area contributed by atoms with Crippen molar-refractivity contribution < 1.29 is 9.15 Å². The van der Waals surface area contributed by atoms with E-state index in [4.69, 9.17) is 9.15 Å². The van der Waals surface area contributed by atoms with E-state index in [1.807, 2.05) is 13.3 Å². The molecule has 0 N–H and O–H groups in total. The second-order valence-electron chi connectivity index (χ2n) is 4.94. The Balaban J connectivity index is 2.10. The minimum Gasteiger partial charge on any atom is -0.496 e. The number of ether oxygens (including phenoxy) is 1. The van der Waals surface area contributed by atoms with Crippen molar-refractivity contribution in [3.8, 4) is 5.75 Å². The van der Waals surface area contributed by atoms with E-state index < -0.39 is 0 Å². The van der Waals surface area contributed by atoms with Gasteiger partial charge < -0.3 is 9.15 Å². The van der Waals surface area contributed by atoms with E-state index in [0.717, 1.165) is 17.2 Å². The first-order valence-electron chi connectivity index (χ1n) is 6.76. The van der Waals surface area contributed by atoms with Crippen molar-refractivity contribution in [1.29, 1.82) is 0 Å². The predicted molar refractivity (Wildman–Crippen MR) is 83.7 cm³/mol. The minimum atomic E-state index is 0.0671. The fourth-order valence-corrected chi connectivity index (χ4v) is 2.62. The lowest BCUT2D eigenvalue weighted by Gasteiger charge is -2.22. The maximum atomic E-state index is 5.49. The van der Waals surface area contributed by atoms with Crippen LogP contribution in [0.25, 0.3) is 0 Å². The molecule has 1 aromatic heterocycles. The van der Waals surface area contributed by atoms with Crippen LogP contribution in [0.15, 0.2) is 27.5 Å². The molecule has 1 atom stereocenters. The minimum absolute atomic E-state index is 0.0671. The van der Waals surface area contributed by atoms with Crippen molar-refractivity contribution >= 4 is 11.8 Å². The number of aryl methyl sites for hydroxylation is 1. The number of methoxy groups -OCH3 is 1. The molecule has 1 heterocycles. The van der Waals surface area contributed by atoms with Gasteiger partial charge >= 0.3 is 0 Å². The van der Waals surface area contributed by atoms with Crippen LogP contribution in [-0.4, -0.2) is 35.5 Å². The average Bonchev–Trinajstić information content (AvgIpc) is 2.92. The Kier molecular flexibility index (Phi) is 5.25. The van der Waals surface area contributed by atoms with Gasteiger partial charge in [0, 0.05) is 18.4 Å². The van der Waals surface area contributed by atoms with E-state index in [2.05, 4.69) is 40.2 Å². The molecule has 0 saturated heterocycles. The molecule has 0 bridgehead atoms. The standard InChI is InChI=1S/C15H21N3O2S/c1-10(15-17-16-11(2)20-15)18(3)9-12-6-7-14(21-5)13(8-12)19-4/h6-8,10H,9H2,1-5H3. The molecule has 0 aliphatic rings. The number of benzene rings is 1. The number of rotatable bonds is 6. The monoisotopic (exact) mass is 307 g/mol. The van der Waals surface area contributed by atoms with E-state index in [9.17, 15) is 0 Å². The fraction of sp³-hybridized carbons (Fsp3) is 0.467. The van der Waals surface area contributed by atoms with Gasteiger partial charge in [-0.1, -0.05) is 6.07 Å². The Morgan fingerprint density at radius 1 is 1.38 bits per heavy atom. The number of nitrogens with zero attached hydrogens (tertiary/aromatic N) is 3. The van der Waals surface area contributed by atoms with E-state index in [-0.39, 0.29) is 6.04 Å². The van der Waals surface area contributed by atoms with Gasteiger partial charge in [0.2, 0.25) is 11.8 Å². The average molecular weight is 307 g/mol. The van der Waals surface area contributed by atoms with Crippen molar-refractivity contribution in [1.82, 2.24) is 15.1 Å². The van der Waals surface area contributed by atoms with Gasteiger partial charge in [-0.25, -0.2) is 0 Å². The molecule has 2 aromatic rings.